The minimum absolute atomic E-state index is 0.0975. The van der Waals surface area contributed by atoms with Crippen molar-refractivity contribution in [2.75, 3.05) is 0 Å². The zero-order valence-corrected chi connectivity index (χ0v) is 10.4. The molecule has 1 saturated heterocycles. The normalized spacial score (nSPS) is 32.7. The Morgan fingerprint density at radius 3 is 2.29 bits per heavy atom. The van der Waals surface area contributed by atoms with Gasteiger partial charge >= 0.3 is 0 Å². The minimum Gasteiger partial charge on any atom is -0.391 e. The Morgan fingerprint density at radius 2 is 1.65 bits per heavy atom. The molecule has 2 amide bonds. The highest BCUT2D eigenvalue weighted by Crippen LogP contribution is 2.28. The second kappa shape index (κ2) is 5.17. The van der Waals surface area contributed by atoms with E-state index in [0.29, 0.717) is 19.3 Å². The van der Waals surface area contributed by atoms with Crippen molar-refractivity contribution in [1.29, 1.82) is 0 Å². The lowest BCUT2D eigenvalue weighted by Crippen LogP contribution is -2.53. The molecule has 17 heavy (non-hydrogen) atoms. The number of aliphatic hydroxyl groups is 1. The summed E-state index contributed by atoms with van der Waals surface area (Å²) in [7, 11) is 0. The molecule has 0 aromatic heterocycles. The highest BCUT2D eigenvalue weighted by molar-refractivity contribution is 5.98. The molecule has 2 aliphatic rings. The van der Waals surface area contributed by atoms with Gasteiger partial charge in [0, 0.05) is 12.8 Å². The number of rotatable bonds is 1. The first-order valence-corrected chi connectivity index (χ1v) is 6.62. The van der Waals surface area contributed by atoms with Gasteiger partial charge in [0.2, 0.25) is 11.8 Å². The maximum Gasteiger partial charge on any atom is 0.229 e. The largest absolute Gasteiger partial charge is 0.391 e. The SMILES string of the molecule is CC1CC(=O)N(C2CCCCCC2O)C(=O)C1. The molecule has 0 aromatic carbocycles. The minimum atomic E-state index is -0.529. The van der Waals surface area contributed by atoms with Gasteiger partial charge in [-0.3, -0.25) is 14.5 Å². The van der Waals surface area contributed by atoms with Crippen molar-refractivity contribution in [3.05, 3.63) is 0 Å². The van der Waals surface area contributed by atoms with Crippen molar-refractivity contribution in [2.45, 2.75) is 64.0 Å². The summed E-state index contributed by atoms with van der Waals surface area (Å²) in [6, 6.07) is -0.273. The fourth-order valence-corrected chi connectivity index (χ4v) is 2.94. The van der Waals surface area contributed by atoms with Crippen LogP contribution in [0.15, 0.2) is 0 Å². The second-order valence-electron chi connectivity index (χ2n) is 5.44. The predicted molar refractivity (Wildman–Crippen MR) is 63.1 cm³/mol. The van der Waals surface area contributed by atoms with E-state index in [0.717, 1.165) is 25.7 Å². The molecule has 4 nitrogen and oxygen atoms in total. The number of aliphatic hydroxyl groups excluding tert-OH is 1. The van der Waals surface area contributed by atoms with Gasteiger partial charge in [-0.2, -0.15) is 0 Å². The van der Waals surface area contributed by atoms with Crippen molar-refractivity contribution < 1.29 is 14.7 Å². The number of nitrogens with zero attached hydrogens (tertiary/aromatic N) is 1. The van der Waals surface area contributed by atoms with Gasteiger partial charge in [-0.15, -0.1) is 0 Å². The number of likely N-dealkylation sites (tertiary alicyclic amines) is 1. The molecule has 0 radical (unpaired) electrons. The summed E-state index contributed by atoms with van der Waals surface area (Å²) in [6.45, 7) is 1.93. The molecule has 2 atom stereocenters. The Hall–Kier alpha value is -0.900. The molecule has 1 aliphatic carbocycles. The molecular weight excluding hydrogens is 218 g/mol. The molecule has 1 heterocycles. The lowest BCUT2D eigenvalue weighted by molar-refractivity contribution is -0.156. The van der Waals surface area contributed by atoms with Gasteiger partial charge in [0.1, 0.15) is 0 Å². The van der Waals surface area contributed by atoms with Gasteiger partial charge in [-0.25, -0.2) is 0 Å². The van der Waals surface area contributed by atoms with Gasteiger partial charge in [0.25, 0.3) is 0 Å². The lowest BCUT2D eigenvalue weighted by Gasteiger charge is -2.36. The van der Waals surface area contributed by atoms with E-state index in [1.165, 1.54) is 4.90 Å². The Bertz CT molecular complexity index is 298. The topological polar surface area (TPSA) is 57.6 Å². The van der Waals surface area contributed by atoms with E-state index >= 15 is 0 Å². The molecule has 96 valence electrons. The highest BCUT2D eigenvalue weighted by atomic mass is 16.3. The number of carbonyl (C=O) groups excluding carboxylic acids is 2. The number of hydrogen-bond acceptors (Lipinski definition) is 3. The standard InChI is InChI=1S/C13H21NO3/c1-9-7-12(16)14(13(17)8-9)10-5-3-2-4-6-11(10)15/h9-11,15H,2-8H2,1H3. The number of piperidine rings is 1. The van der Waals surface area contributed by atoms with E-state index in [4.69, 9.17) is 0 Å². The van der Waals surface area contributed by atoms with Crippen molar-refractivity contribution in [2.24, 2.45) is 5.92 Å². The molecule has 0 aromatic rings. The maximum atomic E-state index is 12.0. The van der Waals surface area contributed by atoms with E-state index in [1.54, 1.807) is 0 Å². The van der Waals surface area contributed by atoms with E-state index in [9.17, 15) is 14.7 Å². The number of amides is 2. The zero-order valence-electron chi connectivity index (χ0n) is 10.4. The molecule has 2 fully saturated rings. The summed E-state index contributed by atoms with van der Waals surface area (Å²) in [6.07, 6.45) is 4.88. The monoisotopic (exact) mass is 239 g/mol. The van der Waals surface area contributed by atoms with E-state index < -0.39 is 6.10 Å². The molecule has 2 rings (SSSR count). The Morgan fingerprint density at radius 1 is 1.06 bits per heavy atom. The van der Waals surface area contributed by atoms with Crippen LogP contribution in [0.1, 0.15) is 51.9 Å². The quantitative estimate of drug-likeness (QED) is 0.557. The summed E-state index contributed by atoms with van der Waals surface area (Å²) < 4.78 is 0. The first kappa shape index (κ1) is 12.6. The van der Waals surface area contributed by atoms with Crippen LogP contribution in [-0.2, 0) is 9.59 Å². The van der Waals surface area contributed by atoms with Crippen LogP contribution in [-0.4, -0.2) is 34.0 Å². The fourth-order valence-electron chi connectivity index (χ4n) is 2.94. The van der Waals surface area contributed by atoms with Crippen LogP contribution < -0.4 is 0 Å². The highest BCUT2D eigenvalue weighted by Gasteiger charge is 2.38. The van der Waals surface area contributed by atoms with Gasteiger partial charge < -0.3 is 5.11 Å². The second-order valence-corrected chi connectivity index (χ2v) is 5.44. The molecule has 0 spiro atoms. The molecule has 2 unspecified atom stereocenters. The van der Waals surface area contributed by atoms with Crippen LogP contribution in [0.5, 0.6) is 0 Å². The average molecular weight is 239 g/mol. The van der Waals surface area contributed by atoms with Crippen LogP contribution >= 0.6 is 0 Å². The summed E-state index contributed by atoms with van der Waals surface area (Å²) in [5.74, 6) is -0.0476. The van der Waals surface area contributed by atoms with Crippen molar-refractivity contribution in [3.63, 3.8) is 0 Å². The van der Waals surface area contributed by atoms with Crippen LogP contribution in [0.2, 0.25) is 0 Å². The number of hydrogen-bond donors (Lipinski definition) is 1. The zero-order chi connectivity index (χ0) is 12.4. The summed E-state index contributed by atoms with van der Waals surface area (Å²) >= 11 is 0. The Balaban J connectivity index is 2.13. The predicted octanol–water partition coefficient (Wildman–Crippen LogP) is 1.47. The molecule has 1 aliphatic heterocycles. The summed E-state index contributed by atoms with van der Waals surface area (Å²) in [4.78, 5) is 25.3. The van der Waals surface area contributed by atoms with Crippen LogP contribution in [0.25, 0.3) is 0 Å². The lowest BCUT2D eigenvalue weighted by atomic mass is 9.94. The van der Waals surface area contributed by atoms with Gasteiger partial charge in [-0.05, 0) is 18.8 Å². The smallest absolute Gasteiger partial charge is 0.229 e. The van der Waals surface area contributed by atoms with E-state index in [-0.39, 0.29) is 23.8 Å². The van der Waals surface area contributed by atoms with Crippen molar-refractivity contribution in [3.8, 4) is 0 Å². The maximum absolute atomic E-state index is 12.0. The first-order chi connectivity index (χ1) is 8.09. The van der Waals surface area contributed by atoms with Gasteiger partial charge in [-0.1, -0.05) is 26.2 Å². The van der Waals surface area contributed by atoms with Crippen molar-refractivity contribution in [1.82, 2.24) is 4.90 Å². The first-order valence-electron chi connectivity index (χ1n) is 6.62. The number of carbonyl (C=O) groups is 2. The third kappa shape index (κ3) is 2.68. The molecular formula is C13H21NO3. The van der Waals surface area contributed by atoms with Crippen molar-refractivity contribution >= 4 is 11.8 Å². The van der Waals surface area contributed by atoms with Crippen LogP contribution in [0.4, 0.5) is 0 Å². The molecule has 4 heteroatoms. The third-order valence-corrected chi connectivity index (χ3v) is 3.86. The van der Waals surface area contributed by atoms with Crippen LogP contribution in [0, 0.1) is 5.92 Å². The summed E-state index contributed by atoms with van der Waals surface area (Å²) in [5.41, 5.74) is 0. The Labute approximate surface area is 102 Å². The van der Waals surface area contributed by atoms with E-state index in [1.807, 2.05) is 6.92 Å². The average Bonchev–Trinajstić information content (AvgIpc) is 2.43. The van der Waals surface area contributed by atoms with Crippen LogP contribution in [0.3, 0.4) is 0 Å². The fraction of sp³-hybridized carbons (Fsp3) is 0.846. The molecule has 1 saturated carbocycles. The van der Waals surface area contributed by atoms with Gasteiger partial charge in [0.15, 0.2) is 0 Å². The number of imide groups is 1. The van der Waals surface area contributed by atoms with Gasteiger partial charge in [0.05, 0.1) is 12.1 Å². The van der Waals surface area contributed by atoms with E-state index in [2.05, 4.69) is 0 Å². The molecule has 1 N–H and O–H groups in total. The molecule has 0 bridgehead atoms. The summed E-state index contributed by atoms with van der Waals surface area (Å²) in [5, 5.41) is 10.1. The Kier molecular flexibility index (Phi) is 3.82. The third-order valence-electron chi connectivity index (χ3n) is 3.86.